The Morgan fingerprint density at radius 3 is 3.00 bits per heavy atom. The molecule has 0 bridgehead atoms. The number of imidazole rings is 1. The number of hydrogen-bond acceptors (Lipinski definition) is 4. The average Bonchev–Trinajstić information content (AvgIpc) is 3.09. The highest BCUT2D eigenvalue weighted by atomic mass is 16.2. The lowest BCUT2D eigenvalue weighted by atomic mass is 9.94. The van der Waals surface area contributed by atoms with Gasteiger partial charge in [0.25, 0.3) is 0 Å². The standard InChI is InChI=1S/C20H23N5O/c1-14-11-21-12-18(22-14)15-5-4-10-25(13-15)20(26)9-8-19-23-16-6-2-3-7-17(16)24-19/h2-3,6-7,11-12,15H,4-5,8-10,13H2,1H3,(H,23,24). The zero-order valence-electron chi connectivity index (χ0n) is 15.0. The number of fused-ring (bicyclic) bond motifs is 1. The number of likely N-dealkylation sites (tertiary alicyclic amines) is 1. The number of aromatic amines is 1. The Bertz CT molecular complexity index is 886. The third-order valence-electron chi connectivity index (χ3n) is 4.98. The van der Waals surface area contributed by atoms with E-state index >= 15 is 0 Å². The number of hydrogen-bond donors (Lipinski definition) is 1. The van der Waals surface area contributed by atoms with Crippen molar-refractivity contribution in [3.63, 3.8) is 0 Å². The fraction of sp³-hybridized carbons (Fsp3) is 0.400. The molecule has 1 atom stereocenters. The van der Waals surface area contributed by atoms with Gasteiger partial charge in [-0.1, -0.05) is 12.1 Å². The van der Waals surface area contributed by atoms with Crippen LogP contribution in [0.2, 0.25) is 0 Å². The molecular weight excluding hydrogens is 326 g/mol. The molecule has 6 heteroatoms. The Morgan fingerprint density at radius 2 is 2.15 bits per heavy atom. The second-order valence-corrected chi connectivity index (χ2v) is 6.96. The van der Waals surface area contributed by atoms with Gasteiger partial charge >= 0.3 is 0 Å². The Morgan fingerprint density at radius 1 is 1.27 bits per heavy atom. The van der Waals surface area contributed by atoms with Crippen molar-refractivity contribution in [2.75, 3.05) is 13.1 Å². The maximum Gasteiger partial charge on any atom is 0.223 e. The van der Waals surface area contributed by atoms with Gasteiger partial charge in [-0.05, 0) is 31.9 Å². The van der Waals surface area contributed by atoms with Gasteiger partial charge in [0.2, 0.25) is 5.91 Å². The van der Waals surface area contributed by atoms with E-state index in [4.69, 9.17) is 0 Å². The van der Waals surface area contributed by atoms with Crippen LogP contribution in [0.1, 0.15) is 42.4 Å². The van der Waals surface area contributed by atoms with E-state index in [2.05, 4.69) is 19.9 Å². The molecule has 0 spiro atoms. The molecule has 1 N–H and O–H groups in total. The van der Waals surface area contributed by atoms with Gasteiger partial charge in [0.15, 0.2) is 0 Å². The Hall–Kier alpha value is -2.76. The van der Waals surface area contributed by atoms with Gasteiger partial charge in [-0.2, -0.15) is 0 Å². The van der Waals surface area contributed by atoms with Crippen molar-refractivity contribution in [1.29, 1.82) is 0 Å². The van der Waals surface area contributed by atoms with Crippen molar-refractivity contribution in [1.82, 2.24) is 24.8 Å². The molecule has 2 aromatic heterocycles. The number of benzene rings is 1. The summed E-state index contributed by atoms with van der Waals surface area (Å²) in [5.41, 5.74) is 3.90. The molecule has 0 aliphatic carbocycles. The van der Waals surface area contributed by atoms with Crippen LogP contribution in [-0.2, 0) is 11.2 Å². The third-order valence-corrected chi connectivity index (χ3v) is 4.98. The number of H-pyrrole nitrogens is 1. The molecule has 6 nitrogen and oxygen atoms in total. The normalized spacial score (nSPS) is 17.6. The molecule has 0 saturated carbocycles. The lowest BCUT2D eigenvalue weighted by molar-refractivity contribution is -0.132. The molecule has 4 rings (SSSR count). The number of rotatable bonds is 4. The monoisotopic (exact) mass is 349 g/mol. The zero-order valence-corrected chi connectivity index (χ0v) is 15.0. The van der Waals surface area contributed by atoms with Crippen LogP contribution in [0.25, 0.3) is 11.0 Å². The molecule has 1 amide bonds. The van der Waals surface area contributed by atoms with E-state index in [-0.39, 0.29) is 11.8 Å². The zero-order chi connectivity index (χ0) is 17.9. The van der Waals surface area contributed by atoms with Gasteiger partial charge in [-0.15, -0.1) is 0 Å². The van der Waals surface area contributed by atoms with Crippen LogP contribution in [0, 0.1) is 6.92 Å². The number of carbonyl (C=O) groups is 1. The molecule has 0 radical (unpaired) electrons. The minimum Gasteiger partial charge on any atom is -0.342 e. The van der Waals surface area contributed by atoms with Crippen LogP contribution in [0.3, 0.4) is 0 Å². The topological polar surface area (TPSA) is 74.8 Å². The molecule has 134 valence electrons. The van der Waals surface area contributed by atoms with Gasteiger partial charge in [0, 0.05) is 44.2 Å². The molecule has 1 aliphatic heterocycles. The largest absolute Gasteiger partial charge is 0.342 e. The summed E-state index contributed by atoms with van der Waals surface area (Å²) in [6.45, 7) is 3.52. The summed E-state index contributed by atoms with van der Waals surface area (Å²) in [5, 5.41) is 0. The van der Waals surface area contributed by atoms with Crippen LogP contribution in [-0.4, -0.2) is 43.8 Å². The summed E-state index contributed by atoms with van der Waals surface area (Å²) in [4.78, 5) is 31.3. The number of aryl methyl sites for hydroxylation is 2. The maximum atomic E-state index is 12.7. The molecule has 1 saturated heterocycles. The van der Waals surface area contributed by atoms with Gasteiger partial charge in [-0.3, -0.25) is 14.8 Å². The second kappa shape index (κ2) is 7.23. The second-order valence-electron chi connectivity index (χ2n) is 6.96. The number of nitrogens with zero attached hydrogens (tertiary/aromatic N) is 4. The molecule has 1 fully saturated rings. The van der Waals surface area contributed by atoms with E-state index in [1.165, 1.54) is 0 Å². The first kappa shape index (κ1) is 16.7. The fourth-order valence-corrected chi connectivity index (χ4v) is 3.63. The SMILES string of the molecule is Cc1cncc(C2CCCN(C(=O)CCc3nc4ccccc4[nH]3)C2)n1. The predicted molar refractivity (Wildman–Crippen MR) is 99.7 cm³/mol. The molecule has 3 heterocycles. The first-order valence-electron chi connectivity index (χ1n) is 9.19. The van der Waals surface area contributed by atoms with E-state index in [0.29, 0.717) is 12.8 Å². The average molecular weight is 349 g/mol. The highest BCUT2D eigenvalue weighted by molar-refractivity contribution is 5.77. The smallest absolute Gasteiger partial charge is 0.223 e. The van der Waals surface area contributed by atoms with Crippen molar-refractivity contribution < 1.29 is 4.79 Å². The van der Waals surface area contributed by atoms with Crippen molar-refractivity contribution >= 4 is 16.9 Å². The number of amides is 1. The van der Waals surface area contributed by atoms with E-state index in [1.807, 2.05) is 42.3 Å². The summed E-state index contributed by atoms with van der Waals surface area (Å²) < 4.78 is 0. The molecule has 3 aromatic rings. The third kappa shape index (κ3) is 3.59. The van der Waals surface area contributed by atoms with Crippen molar-refractivity contribution in [3.8, 4) is 0 Å². The summed E-state index contributed by atoms with van der Waals surface area (Å²) in [7, 11) is 0. The van der Waals surface area contributed by atoms with Crippen LogP contribution >= 0.6 is 0 Å². The van der Waals surface area contributed by atoms with Crippen LogP contribution < -0.4 is 0 Å². The lowest BCUT2D eigenvalue weighted by Gasteiger charge is -2.32. The number of aromatic nitrogens is 4. The van der Waals surface area contributed by atoms with Crippen molar-refractivity contribution in [2.24, 2.45) is 0 Å². The lowest BCUT2D eigenvalue weighted by Crippen LogP contribution is -2.39. The van der Waals surface area contributed by atoms with Gasteiger partial charge in [0.1, 0.15) is 5.82 Å². The van der Waals surface area contributed by atoms with E-state index < -0.39 is 0 Å². The van der Waals surface area contributed by atoms with Crippen molar-refractivity contribution in [3.05, 3.63) is 53.9 Å². The number of carbonyl (C=O) groups excluding carboxylic acids is 1. The molecule has 26 heavy (non-hydrogen) atoms. The number of piperidine rings is 1. The van der Waals surface area contributed by atoms with Crippen LogP contribution in [0.4, 0.5) is 0 Å². The Balaban J connectivity index is 1.38. The summed E-state index contributed by atoms with van der Waals surface area (Å²) in [5.74, 6) is 1.35. The Kier molecular flexibility index (Phi) is 4.65. The van der Waals surface area contributed by atoms with Gasteiger partial charge in [0.05, 0.1) is 22.4 Å². The molecule has 1 aromatic carbocycles. The number of para-hydroxylation sites is 2. The predicted octanol–water partition coefficient (Wildman–Crippen LogP) is 3.00. The van der Waals surface area contributed by atoms with Crippen LogP contribution in [0.15, 0.2) is 36.7 Å². The highest BCUT2D eigenvalue weighted by Gasteiger charge is 2.25. The highest BCUT2D eigenvalue weighted by Crippen LogP contribution is 2.25. The summed E-state index contributed by atoms with van der Waals surface area (Å²) >= 11 is 0. The van der Waals surface area contributed by atoms with Crippen molar-refractivity contribution in [2.45, 2.75) is 38.5 Å². The van der Waals surface area contributed by atoms with Gasteiger partial charge < -0.3 is 9.88 Å². The van der Waals surface area contributed by atoms with E-state index in [0.717, 1.165) is 54.2 Å². The van der Waals surface area contributed by atoms with E-state index in [1.54, 1.807) is 6.20 Å². The summed E-state index contributed by atoms with van der Waals surface area (Å²) in [6, 6.07) is 7.94. The number of nitrogens with one attached hydrogen (secondary N) is 1. The first-order chi connectivity index (χ1) is 12.7. The molecule has 1 unspecified atom stereocenters. The fourth-order valence-electron chi connectivity index (χ4n) is 3.63. The maximum absolute atomic E-state index is 12.7. The van der Waals surface area contributed by atoms with Gasteiger partial charge in [-0.25, -0.2) is 4.98 Å². The molecule has 1 aliphatic rings. The first-order valence-corrected chi connectivity index (χ1v) is 9.19. The Labute approximate surface area is 152 Å². The quantitative estimate of drug-likeness (QED) is 0.786. The van der Waals surface area contributed by atoms with E-state index in [9.17, 15) is 4.79 Å². The summed E-state index contributed by atoms with van der Waals surface area (Å²) in [6.07, 6.45) is 6.79. The van der Waals surface area contributed by atoms with Crippen LogP contribution in [0.5, 0.6) is 0 Å². The molecular formula is C20H23N5O. The minimum absolute atomic E-state index is 0.191. The minimum atomic E-state index is 0.191.